The lowest BCUT2D eigenvalue weighted by molar-refractivity contribution is 0.00341. The number of piperazine rings is 3. The number of aryl methyl sites for hydroxylation is 3. The number of hydrogen-bond donors (Lipinski definition) is 3. The molecule has 0 bridgehead atoms. The molecule has 6 atom stereocenters. The van der Waals surface area contributed by atoms with Gasteiger partial charge in [-0.1, -0.05) is 162 Å². The van der Waals surface area contributed by atoms with Crippen LogP contribution >= 0.6 is 104 Å². The summed E-state index contributed by atoms with van der Waals surface area (Å²) in [6, 6.07) is 28.3. The van der Waals surface area contributed by atoms with E-state index in [1.54, 1.807) is 128 Å². The van der Waals surface area contributed by atoms with Gasteiger partial charge in [0.1, 0.15) is 16.8 Å². The second-order valence-electron chi connectivity index (χ2n) is 33.8. The van der Waals surface area contributed by atoms with Gasteiger partial charge in [-0.05, 0) is 193 Å². The van der Waals surface area contributed by atoms with Crippen molar-refractivity contribution in [2.45, 2.75) is 123 Å². The molecule has 1 unspecified atom stereocenters. The average Bonchev–Trinajstić information content (AvgIpc) is 1.61. The van der Waals surface area contributed by atoms with Gasteiger partial charge in [-0.15, -0.1) is 0 Å². The van der Waals surface area contributed by atoms with Crippen molar-refractivity contribution in [3.8, 4) is 0 Å². The number of fused-ring (bicyclic) bond motifs is 6. The maximum Gasteiger partial charge on any atom is 0.410 e. The predicted octanol–water partition coefficient (Wildman–Crippen LogP) is 17.6. The van der Waals surface area contributed by atoms with Crippen molar-refractivity contribution in [3.05, 3.63) is 246 Å². The molecule has 6 aromatic heterocycles. The molecule has 3 aliphatic carbocycles. The number of imidazole rings is 3. The molecule has 3 saturated heterocycles. The minimum absolute atomic E-state index is 0.0837. The molecule has 0 spiro atoms. The van der Waals surface area contributed by atoms with Crippen molar-refractivity contribution < 1.29 is 43.9 Å². The van der Waals surface area contributed by atoms with Gasteiger partial charge in [-0.25, -0.2) is 29.3 Å². The van der Waals surface area contributed by atoms with Gasteiger partial charge in [0, 0.05) is 133 Å². The van der Waals surface area contributed by atoms with Crippen LogP contribution in [-0.4, -0.2) is 211 Å². The molecule has 6 aliphatic rings. The standard InChI is InChI=1S/C30H36ClN5O3.2C29H31Cl4N5O3/c1-29(2,3)18-39-28(37)36-13-11-35(12-14-36)27-22-9-8-21(31)16-23(22)24(15-20-7-6-10-33-26(20)27)30(4,38)25-17-32-19-34(25)5;2*1-27(2,29(31,32)33)41-26(39)38-12-10-37(11-13-38)25-20-8-7-19(30)15-21(20)22(14-18-6-5-9-35-24(18)25)28(3,40)23-16-34-17-36(23)4/h6-10,15-17,19,27,38H,11-14,18H2,1-5H3;2*5-9,14-17,25,40H,10-13H2,1-4H3/t27-,30-;25-,28?;25-,28+/m000/s1. The molecule has 3 amide bonds. The molecule has 3 aromatic carbocycles. The number of carbonyl (C=O) groups excluding carboxylic acids is 3. The van der Waals surface area contributed by atoms with Crippen molar-refractivity contribution in [3.63, 3.8) is 0 Å². The number of pyridine rings is 3. The van der Waals surface area contributed by atoms with E-state index in [2.05, 4.69) is 29.7 Å². The molecule has 33 heteroatoms. The third kappa shape index (κ3) is 19.2. The monoisotopic (exact) mass is 1820 g/mol. The van der Waals surface area contributed by atoms with Gasteiger partial charge in [-0.2, -0.15) is 0 Å². The first-order valence-electron chi connectivity index (χ1n) is 39.6. The van der Waals surface area contributed by atoms with Crippen molar-refractivity contribution in [1.82, 2.24) is 73.0 Å². The van der Waals surface area contributed by atoms with Gasteiger partial charge in [-0.3, -0.25) is 29.7 Å². The lowest BCUT2D eigenvalue weighted by Crippen LogP contribution is -2.52. The lowest BCUT2D eigenvalue weighted by Gasteiger charge is -2.41. The fourth-order valence-corrected chi connectivity index (χ4v) is 17.0. The number of hydrogen-bond acceptors (Lipinski definition) is 18. The number of aromatic nitrogens is 9. The Labute approximate surface area is 750 Å². The Hall–Kier alpha value is -7.86. The zero-order valence-electron chi connectivity index (χ0n) is 69.4. The quantitative estimate of drug-likeness (QED) is 0.0759. The van der Waals surface area contributed by atoms with E-state index < -0.39 is 47.8 Å². The molecule has 24 nitrogen and oxygen atoms in total. The van der Waals surface area contributed by atoms with Crippen LogP contribution in [0, 0.1) is 5.41 Å². The van der Waals surface area contributed by atoms with Crippen LogP contribution in [0.1, 0.15) is 172 Å². The lowest BCUT2D eigenvalue weighted by atomic mass is 9.84. The number of benzene rings is 3. The van der Waals surface area contributed by atoms with Gasteiger partial charge in [0.05, 0.1) is 96.5 Å². The topological polar surface area (TPSA) is 251 Å². The van der Waals surface area contributed by atoms with E-state index in [9.17, 15) is 29.7 Å². The van der Waals surface area contributed by atoms with E-state index >= 15 is 0 Å². The number of alkyl halides is 6. The molecule has 3 fully saturated rings. The van der Waals surface area contributed by atoms with Crippen molar-refractivity contribution >= 4 is 158 Å². The summed E-state index contributed by atoms with van der Waals surface area (Å²) in [4.78, 5) is 77.8. The van der Waals surface area contributed by atoms with Crippen LogP contribution in [0.4, 0.5) is 14.4 Å². The van der Waals surface area contributed by atoms with Crippen LogP contribution < -0.4 is 0 Å². The minimum atomic E-state index is -1.77. The first kappa shape index (κ1) is 90.9. The number of rotatable bonds is 12. The molecule has 3 N–H and O–H groups in total. The summed E-state index contributed by atoms with van der Waals surface area (Å²) >= 11 is 55.8. The highest BCUT2D eigenvalue weighted by Gasteiger charge is 2.49. The molecule has 642 valence electrons. The molecule has 3 aliphatic heterocycles. The first-order chi connectivity index (χ1) is 56.9. The van der Waals surface area contributed by atoms with Crippen molar-refractivity contribution in [2.24, 2.45) is 26.6 Å². The highest BCUT2D eigenvalue weighted by Crippen LogP contribution is 2.52. The zero-order valence-corrected chi connectivity index (χ0v) is 76.2. The molecule has 9 heterocycles. The Bertz CT molecular complexity index is 5200. The number of amides is 3. The summed E-state index contributed by atoms with van der Waals surface area (Å²) in [6.45, 7) is 24.3. The Morgan fingerprint density at radius 3 is 0.926 bits per heavy atom. The summed E-state index contributed by atoms with van der Waals surface area (Å²) in [7, 11) is 5.58. The van der Waals surface area contributed by atoms with Crippen LogP contribution in [0.2, 0.25) is 15.1 Å². The van der Waals surface area contributed by atoms with Crippen LogP contribution in [0.15, 0.2) is 147 Å². The molecule has 15 rings (SSSR count). The second kappa shape index (κ2) is 35.6. The van der Waals surface area contributed by atoms with Gasteiger partial charge in [0.25, 0.3) is 0 Å². The van der Waals surface area contributed by atoms with Crippen molar-refractivity contribution in [2.75, 3.05) is 85.1 Å². The summed E-state index contributed by atoms with van der Waals surface area (Å²) < 4.78 is 18.6. The van der Waals surface area contributed by atoms with E-state index in [4.69, 9.17) is 134 Å². The van der Waals surface area contributed by atoms with Crippen molar-refractivity contribution in [1.29, 1.82) is 0 Å². The molecule has 9 aromatic rings. The van der Waals surface area contributed by atoms with Gasteiger partial charge < -0.3 is 57.9 Å². The van der Waals surface area contributed by atoms with E-state index in [-0.39, 0.29) is 29.6 Å². The summed E-state index contributed by atoms with van der Waals surface area (Å²) in [5, 5.41) is 37.7. The smallest absolute Gasteiger partial charge is 0.410 e. The molecular weight excluding hydrogens is 1730 g/mol. The number of halogens is 9. The van der Waals surface area contributed by atoms with Crippen LogP contribution in [-0.2, 0) is 52.2 Å². The Kier molecular flexibility index (Phi) is 26.8. The molecular formula is C88H98Cl9N15O9. The second-order valence-corrected chi connectivity index (χ2v) is 39.7. The average molecular weight is 1830 g/mol. The van der Waals surface area contributed by atoms with E-state index in [0.29, 0.717) is 128 Å². The van der Waals surface area contributed by atoms with Gasteiger partial charge in [0.2, 0.25) is 7.59 Å². The normalized spacial score (nSPS) is 19.5. The molecule has 0 saturated carbocycles. The zero-order chi connectivity index (χ0) is 87.4. The maximum atomic E-state index is 13.0. The Morgan fingerprint density at radius 2 is 0.678 bits per heavy atom. The highest BCUT2D eigenvalue weighted by molar-refractivity contribution is 6.69. The van der Waals surface area contributed by atoms with E-state index in [1.807, 2.05) is 156 Å². The number of aliphatic hydroxyl groups is 3. The number of ether oxygens (including phenoxy) is 3. The Balaban J connectivity index is 0.000000157. The van der Waals surface area contributed by atoms with E-state index in [0.717, 1.165) is 72.7 Å². The largest absolute Gasteiger partial charge is 0.449 e. The SMILES string of the molecule is Cn1cncc1C(C)(O)C1=Cc2cccnc2[C@@H](N2CCN(C(=O)OC(C)(C)C(Cl)(Cl)Cl)CC2)c2ccc(Cl)cc21.Cn1cncc1[C@@](C)(O)C1=Cc2cccnc2[C@@H](N2CCN(C(=O)OCC(C)(C)C)CC2)c2ccc(Cl)cc21.Cn1cncc1[C@](C)(O)C1=Cc2cccnc2[C@@H](N2CCN(C(=O)OC(C)(C)C(Cl)(Cl)Cl)CC2)c2ccc(Cl)cc21. The molecule has 121 heavy (non-hydrogen) atoms. The first-order valence-corrected chi connectivity index (χ1v) is 43.0. The third-order valence-electron chi connectivity index (χ3n) is 23.1. The van der Waals surface area contributed by atoms with Gasteiger partial charge >= 0.3 is 18.3 Å². The molecule has 0 radical (unpaired) electrons. The highest BCUT2D eigenvalue weighted by atomic mass is 35.6. The number of carbonyl (C=O) groups is 3. The van der Waals surface area contributed by atoms with Crippen LogP contribution in [0.25, 0.3) is 34.9 Å². The summed E-state index contributed by atoms with van der Waals surface area (Å²) in [6.07, 6.45) is 20.0. The van der Waals surface area contributed by atoms with Gasteiger partial charge in [0.15, 0.2) is 11.2 Å². The predicted molar refractivity (Wildman–Crippen MR) is 476 cm³/mol. The minimum Gasteiger partial charge on any atom is -0.449 e. The summed E-state index contributed by atoms with van der Waals surface area (Å²) in [5.41, 5.74) is 7.96. The van der Waals surface area contributed by atoms with Crippen LogP contribution in [0.5, 0.6) is 0 Å². The summed E-state index contributed by atoms with van der Waals surface area (Å²) in [5.74, 6) is 0. The fraction of sp³-hybridized carbons (Fsp3) is 0.420. The third-order valence-corrected chi connectivity index (χ3v) is 26.5. The fourth-order valence-electron chi connectivity index (χ4n) is 16.2. The Morgan fingerprint density at radius 1 is 0.405 bits per heavy atom. The van der Waals surface area contributed by atoms with E-state index in [1.165, 1.54) is 0 Å². The van der Waals surface area contributed by atoms with Crippen LogP contribution in [0.3, 0.4) is 0 Å². The number of nitrogens with zero attached hydrogens (tertiary/aromatic N) is 15. The maximum absolute atomic E-state index is 13.0.